The second-order valence-electron chi connectivity index (χ2n) is 11.7. The molecule has 0 radical (unpaired) electrons. The minimum Gasteiger partial charge on any atom is -0.444 e. The highest BCUT2D eigenvalue weighted by atomic mass is 16.7. The van der Waals surface area contributed by atoms with E-state index < -0.39 is 23.9 Å². The van der Waals surface area contributed by atoms with Crippen LogP contribution in [-0.4, -0.2) is 57.8 Å². The molecular weight excluding hydrogens is 419 g/mol. The Morgan fingerprint density at radius 3 is 2.12 bits per heavy atom. The second-order valence-corrected chi connectivity index (χ2v) is 11.7. The summed E-state index contributed by atoms with van der Waals surface area (Å²) in [7, 11) is -0.497. The number of amides is 1. The maximum absolute atomic E-state index is 13.3. The van der Waals surface area contributed by atoms with Crippen LogP contribution in [0.2, 0.25) is 0 Å². The number of rotatable bonds is 3. The van der Waals surface area contributed by atoms with Crippen LogP contribution in [0.25, 0.3) is 0 Å². The number of carbonyl (C=O) groups excluding carboxylic acids is 2. The van der Waals surface area contributed by atoms with Crippen molar-refractivity contribution in [2.24, 2.45) is 5.92 Å². The molecule has 0 spiro atoms. The van der Waals surface area contributed by atoms with Crippen molar-refractivity contribution in [1.82, 2.24) is 9.88 Å². The lowest BCUT2D eigenvalue weighted by Gasteiger charge is -2.48. The lowest BCUT2D eigenvalue weighted by molar-refractivity contribution is -0.0261. The third-order valence-corrected chi connectivity index (χ3v) is 7.51. The zero-order valence-electron chi connectivity index (χ0n) is 21.0. The van der Waals surface area contributed by atoms with E-state index >= 15 is 0 Å². The molecule has 8 heteroatoms. The van der Waals surface area contributed by atoms with Crippen LogP contribution >= 0.6 is 0 Å². The predicted molar refractivity (Wildman–Crippen MR) is 127 cm³/mol. The van der Waals surface area contributed by atoms with E-state index in [4.69, 9.17) is 14.0 Å². The number of ether oxygens (including phenoxy) is 1. The maximum Gasteiger partial charge on any atom is 0.496 e. The van der Waals surface area contributed by atoms with Gasteiger partial charge in [-0.25, -0.2) is 4.79 Å². The largest absolute Gasteiger partial charge is 0.496 e. The molecule has 2 unspecified atom stereocenters. The molecule has 4 heterocycles. The molecule has 3 saturated heterocycles. The lowest BCUT2D eigenvalue weighted by Crippen LogP contribution is -2.56. The molecule has 7 nitrogen and oxygen atoms in total. The molecule has 0 aromatic carbocycles. The van der Waals surface area contributed by atoms with Crippen molar-refractivity contribution in [3.63, 3.8) is 0 Å². The Hall–Kier alpha value is -1.93. The molecule has 0 aliphatic carbocycles. The summed E-state index contributed by atoms with van der Waals surface area (Å²) in [5.41, 5.74) is -0.107. The fourth-order valence-corrected chi connectivity index (χ4v) is 5.09. The first kappa shape index (κ1) is 24.2. The van der Waals surface area contributed by atoms with Gasteiger partial charge in [0.25, 0.3) is 0 Å². The van der Waals surface area contributed by atoms with Gasteiger partial charge in [-0.3, -0.25) is 9.78 Å². The highest BCUT2D eigenvalue weighted by Crippen LogP contribution is 2.39. The van der Waals surface area contributed by atoms with Crippen molar-refractivity contribution < 1.29 is 23.6 Å². The van der Waals surface area contributed by atoms with Gasteiger partial charge < -0.3 is 18.9 Å². The molecular formula is C25H37BN2O5. The van der Waals surface area contributed by atoms with E-state index in [2.05, 4.69) is 4.98 Å². The Morgan fingerprint density at radius 2 is 1.64 bits per heavy atom. The molecule has 3 fully saturated rings. The van der Waals surface area contributed by atoms with Gasteiger partial charge in [-0.2, -0.15) is 0 Å². The van der Waals surface area contributed by atoms with Crippen LogP contribution < -0.4 is 5.46 Å². The molecule has 3 aliphatic heterocycles. The molecule has 1 aromatic rings. The number of piperidine rings is 2. The fraction of sp³-hybridized carbons (Fsp3) is 0.720. The van der Waals surface area contributed by atoms with Crippen molar-refractivity contribution in [3.8, 4) is 0 Å². The number of nitrogens with zero attached hydrogens (tertiary/aromatic N) is 2. The molecule has 1 aromatic heterocycles. The molecule has 0 saturated carbocycles. The van der Waals surface area contributed by atoms with E-state index in [1.54, 1.807) is 12.3 Å². The Morgan fingerprint density at radius 1 is 1.06 bits per heavy atom. The van der Waals surface area contributed by atoms with E-state index in [1.165, 1.54) is 0 Å². The first-order chi connectivity index (χ1) is 15.3. The molecule has 33 heavy (non-hydrogen) atoms. The molecule has 0 N–H and O–H groups in total. The highest BCUT2D eigenvalue weighted by Gasteiger charge is 2.52. The normalized spacial score (nSPS) is 28.5. The van der Waals surface area contributed by atoms with Crippen molar-refractivity contribution in [1.29, 1.82) is 0 Å². The monoisotopic (exact) mass is 456 g/mol. The molecule has 1 amide bonds. The quantitative estimate of drug-likeness (QED) is 0.503. The van der Waals surface area contributed by atoms with Crippen LogP contribution in [0, 0.1) is 5.92 Å². The van der Waals surface area contributed by atoms with Crippen molar-refractivity contribution in [2.45, 2.75) is 109 Å². The van der Waals surface area contributed by atoms with Crippen LogP contribution in [0.15, 0.2) is 18.3 Å². The summed E-state index contributed by atoms with van der Waals surface area (Å²) < 4.78 is 17.8. The summed E-state index contributed by atoms with van der Waals surface area (Å²) in [5.74, 6) is -0.0783. The van der Waals surface area contributed by atoms with E-state index in [0.29, 0.717) is 18.5 Å². The average molecular weight is 456 g/mol. The number of hydrogen-bond acceptors (Lipinski definition) is 6. The Labute approximate surface area is 197 Å². The SMILES string of the molecule is CC(C)(C)OC(=O)N1C2CCCC1CC(C(=O)c1ccc(B3OC(C)(C)C(C)(C)O3)cn1)C2. The van der Waals surface area contributed by atoms with Crippen LogP contribution in [0.4, 0.5) is 4.79 Å². The third-order valence-electron chi connectivity index (χ3n) is 7.51. The van der Waals surface area contributed by atoms with Crippen LogP contribution in [-0.2, 0) is 14.0 Å². The first-order valence-electron chi connectivity index (χ1n) is 12.1. The number of pyridine rings is 1. The van der Waals surface area contributed by atoms with Gasteiger partial charge >= 0.3 is 13.2 Å². The highest BCUT2D eigenvalue weighted by molar-refractivity contribution is 6.62. The lowest BCUT2D eigenvalue weighted by atomic mass is 9.76. The molecule has 3 aliphatic rings. The number of hydrogen-bond donors (Lipinski definition) is 0. The van der Waals surface area contributed by atoms with Gasteiger partial charge in [0.2, 0.25) is 0 Å². The number of fused-ring (bicyclic) bond motifs is 2. The average Bonchev–Trinajstić information content (AvgIpc) is 2.92. The summed E-state index contributed by atoms with van der Waals surface area (Å²) >= 11 is 0. The van der Waals surface area contributed by atoms with Crippen LogP contribution in [0.1, 0.15) is 91.1 Å². The first-order valence-corrected chi connectivity index (χ1v) is 12.1. The minimum absolute atomic E-state index is 0.0466. The number of carbonyl (C=O) groups is 2. The van der Waals surface area contributed by atoms with E-state index in [-0.39, 0.29) is 29.9 Å². The fourth-order valence-electron chi connectivity index (χ4n) is 5.09. The van der Waals surface area contributed by atoms with E-state index in [0.717, 1.165) is 24.7 Å². The van der Waals surface area contributed by atoms with Gasteiger partial charge in [0.15, 0.2) is 5.78 Å². The smallest absolute Gasteiger partial charge is 0.444 e. The Kier molecular flexibility index (Phi) is 6.15. The Balaban J connectivity index is 1.44. The van der Waals surface area contributed by atoms with E-state index in [9.17, 15) is 9.59 Å². The second kappa shape index (κ2) is 8.38. The van der Waals surface area contributed by atoms with Crippen molar-refractivity contribution >= 4 is 24.5 Å². The van der Waals surface area contributed by atoms with Gasteiger partial charge in [0.1, 0.15) is 11.3 Å². The summed E-state index contributed by atoms with van der Waals surface area (Å²) in [6.45, 7) is 13.7. The van der Waals surface area contributed by atoms with Gasteiger partial charge in [-0.1, -0.05) is 6.07 Å². The summed E-state index contributed by atoms with van der Waals surface area (Å²) in [5, 5.41) is 0. The summed E-state index contributed by atoms with van der Waals surface area (Å²) in [6.07, 6.45) is 5.65. The predicted octanol–water partition coefficient (Wildman–Crippen LogP) is 4.13. The molecule has 2 atom stereocenters. The Bertz CT molecular complexity index is 878. The summed E-state index contributed by atoms with van der Waals surface area (Å²) in [4.78, 5) is 32.5. The maximum atomic E-state index is 13.3. The van der Waals surface area contributed by atoms with Gasteiger partial charge in [-0.05, 0) is 86.6 Å². The molecule has 4 rings (SSSR count). The molecule has 2 bridgehead atoms. The van der Waals surface area contributed by atoms with Crippen LogP contribution in [0.5, 0.6) is 0 Å². The van der Waals surface area contributed by atoms with Gasteiger partial charge in [0.05, 0.1) is 11.2 Å². The zero-order valence-corrected chi connectivity index (χ0v) is 21.0. The van der Waals surface area contributed by atoms with Crippen molar-refractivity contribution in [3.05, 3.63) is 24.0 Å². The topological polar surface area (TPSA) is 78.0 Å². The van der Waals surface area contributed by atoms with Gasteiger partial charge in [0, 0.05) is 29.7 Å². The van der Waals surface area contributed by atoms with Gasteiger partial charge in [-0.15, -0.1) is 0 Å². The van der Waals surface area contributed by atoms with Crippen LogP contribution in [0.3, 0.4) is 0 Å². The summed E-state index contributed by atoms with van der Waals surface area (Å²) in [6, 6.07) is 3.74. The molecule has 180 valence electrons. The number of ketones is 1. The number of aromatic nitrogens is 1. The third kappa shape index (κ3) is 4.83. The zero-order chi connectivity index (χ0) is 24.2. The van der Waals surface area contributed by atoms with E-state index in [1.807, 2.05) is 59.4 Å². The minimum atomic E-state index is -0.527. The van der Waals surface area contributed by atoms with Crippen molar-refractivity contribution in [2.75, 3.05) is 0 Å². The number of Topliss-reactive ketones (excluding diaryl/α,β-unsaturated/α-hetero) is 1. The standard InChI is InChI=1S/C25H37BN2O5/c1-23(2,3)31-22(30)28-18-9-8-10-19(28)14-16(13-18)21(29)20-12-11-17(15-27-20)26-32-24(4,5)25(6,7)33-26/h11-12,15-16,18-19H,8-10,13-14H2,1-7H3.